The van der Waals surface area contributed by atoms with E-state index in [4.69, 9.17) is 4.98 Å². The van der Waals surface area contributed by atoms with E-state index in [1.807, 2.05) is 0 Å². The first kappa shape index (κ1) is 28.3. The lowest BCUT2D eigenvalue weighted by Gasteiger charge is -2.47. The molecule has 5 aliphatic rings. The van der Waals surface area contributed by atoms with E-state index in [1.54, 1.807) is 12.1 Å². The van der Waals surface area contributed by atoms with Crippen LogP contribution < -0.4 is 10.9 Å². The molecule has 5 atom stereocenters. The van der Waals surface area contributed by atoms with Crippen LogP contribution in [0.2, 0.25) is 0 Å². The molecule has 0 bridgehead atoms. The van der Waals surface area contributed by atoms with E-state index < -0.39 is 5.82 Å². The number of amides is 1. The second-order valence-electron chi connectivity index (χ2n) is 13.3. The highest BCUT2D eigenvalue weighted by molar-refractivity contribution is 5.83. The Morgan fingerprint density at radius 3 is 2.71 bits per heavy atom. The number of aromatic amines is 1. The van der Waals surface area contributed by atoms with Crippen LogP contribution in [0, 0.1) is 11.7 Å². The van der Waals surface area contributed by atoms with E-state index in [0.717, 1.165) is 86.6 Å². The monoisotopic (exact) mass is 579 g/mol. The normalized spacial score (nSPS) is 30.4. The summed E-state index contributed by atoms with van der Waals surface area (Å²) in [6.07, 6.45) is 7.93. The summed E-state index contributed by atoms with van der Waals surface area (Å²) >= 11 is 0. The van der Waals surface area contributed by atoms with Crippen LogP contribution in [0.15, 0.2) is 12.1 Å². The van der Waals surface area contributed by atoms with Crippen molar-refractivity contribution in [2.24, 2.45) is 5.92 Å². The molecule has 0 spiro atoms. The number of nitrogens with zero attached hydrogens (tertiary/aromatic N) is 4. The quantitative estimate of drug-likeness (QED) is 0.399. The van der Waals surface area contributed by atoms with Gasteiger partial charge in [0.25, 0.3) is 0 Å². The lowest BCUT2D eigenvalue weighted by atomic mass is 9.73. The zero-order valence-electron chi connectivity index (χ0n) is 25.0. The van der Waals surface area contributed by atoms with E-state index in [0.29, 0.717) is 18.4 Å². The Kier molecular flexibility index (Phi) is 7.75. The standard InChI is InChI=1S/C32H46FN7O2/c1-3-9-39-18-27-26(15-28(39)32(42)40-16-21(17-40)38-10-5-6-11-38)34-31(35-27)30-22-8-7-20(12-25(22)36-37-30)23-14-24(33)29(41)13-19(23)4-2/h13-14,20-22,25,28,30,36-37,41H,3-12,15-18H2,1-2H3,(H,34,35). The molecule has 228 valence electrons. The number of hydrogen-bond acceptors (Lipinski definition) is 7. The number of hydrazine groups is 1. The molecular weight excluding hydrogens is 533 g/mol. The van der Waals surface area contributed by atoms with Gasteiger partial charge in [-0.25, -0.2) is 14.8 Å². The number of nitrogens with one attached hydrogen (secondary N) is 3. The maximum Gasteiger partial charge on any atom is 0.240 e. The number of aryl methyl sites for hydroxylation is 1. The molecular formula is C32H46FN7O2. The topological polar surface area (TPSA) is 99.8 Å². The lowest BCUT2D eigenvalue weighted by molar-refractivity contribution is -0.145. The summed E-state index contributed by atoms with van der Waals surface area (Å²) in [5, 5.41) is 9.89. The fraction of sp³-hybridized carbons (Fsp3) is 0.688. The average molecular weight is 580 g/mol. The number of carbonyl (C=O) groups is 1. The largest absolute Gasteiger partial charge is 0.505 e. The molecule has 4 N–H and O–H groups in total. The van der Waals surface area contributed by atoms with Crippen molar-refractivity contribution in [3.8, 4) is 5.75 Å². The molecule has 1 aliphatic carbocycles. The zero-order valence-corrected chi connectivity index (χ0v) is 25.0. The maximum atomic E-state index is 14.3. The van der Waals surface area contributed by atoms with Crippen LogP contribution in [-0.2, 0) is 24.2 Å². The molecule has 5 heterocycles. The SMILES string of the molecule is CCCN1Cc2[nH]c(C3NNC4CC(c5cc(F)c(O)cc5CC)CCC43)nc2CC1C(=O)N1CC(N2CCCC2)C1. The molecule has 4 aliphatic heterocycles. The van der Waals surface area contributed by atoms with Gasteiger partial charge in [0, 0.05) is 38.1 Å². The van der Waals surface area contributed by atoms with E-state index in [1.165, 1.54) is 25.9 Å². The van der Waals surface area contributed by atoms with Crippen LogP contribution in [-0.4, -0.2) is 86.5 Å². The molecule has 7 rings (SSSR count). The van der Waals surface area contributed by atoms with Gasteiger partial charge in [-0.2, -0.15) is 0 Å². The predicted octanol–water partition coefficient (Wildman–Crippen LogP) is 3.36. The van der Waals surface area contributed by atoms with Gasteiger partial charge >= 0.3 is 0 Å². The first-order valence-corrected chi connectivity index (χ1v) is 16.3. The van der Waals surface area contributed by atoms with Crippen molar-refractivity contribution in [3.63, 3.8) is 0 Å². The number of aromatic hydroxyl groups is 1. The fourth-order valence-corrected chi connectivity index (χ4v) is 8.41. The number of hydrogen-bond donors (Lipinski definition) is 4. The molecule has 10 heteroatoms. The Balaban J connectivity index is 1.03. The number of likely N-dealkylation sites (tertiary alicyclic amines) is 2. The zero-order chi connectivity index (χ0) is 29.0. The minimum absolute atomic E-state index is 0.0779. The van der Waals surface area contributed by atoms with E-state index >= 15 is 0 Å². The summed E-state index contributed by atoms with van der Waals surface area (Å²) < 4.78 is 14.3. The number of aromatic nitrogens is 2. The molecule has 2 aromatic rings. The van der Waals surface area contributed by atoms with Crippen LogP contribution in [0.3, 0.4) is 0 Å². The second-order valence-corrected chi connectivity index (χ2v) is 13.3. The third-order valence-corrected chi connectivity index (χ3v) is 10.8. The molecule has 9 nitrogen and oxygen atoms in total. The van der Waals surface area contributed by atoms with Crippen molar-refractivity contribution in [2.45, 2.75) is 102 Å². The molecule has 42 heavy (non-hydrogen) atoms. The van der Waals surface area contributed by atoms with Gasteiger partial charge in [0.05, 0.1) is 23.5 Å². The van der Waals surface area contributed by atoms with Gasteiger partial charge in [0.2, 0.25) is 5.91 Å². The second kappa shape index (κ2) is 11.5. The molecule has 4 fully saturated rings. The highest BCUT2D eigenvalue weighted by Gasteiger charge is 2.45. The number of halogens is 1. The number of imidazole rings is 1. The van der Waals surface area contributed by atoms with Gasteiger partial charge in [-0.05, 0) is 99.7 Å². The van der Waals surface area contributed by atoms with Gasteiger partial charge in [0.1, 0.15) is 5.82 Å². The molecule has 1 amide bonds. The highest BCUT2D eigenvalue weighted by Crippen LogP contribution is 2.45. The number of carbonyl (C=O) groups excluding carboxylic acids is 1. The third-order valence-electron chi connectivity index (χ3n) is 10.8. The summed E-state index contributed by atoms with van der Waals surface area (Å²) in [5.74, 6) is 1.08. The number of H-pyrrole nitrogens is 1. The van der Waals surface area contributed by atoms with Crippen molar-refractivity contribution in [2.75, 3.05) is 32.7 Å². The number of phenolic OH excluding ortho intramolecular Hbond substituents is 1. The van der Waals surface area contributed by atoms with Crippen molar-refractivity contribution < 1.29 is 14.3 Å². The number of fused-ring (bicyclic) bond motifs is 2. The third kappa shape index (κ3) is 5.04. The van der Waals surface area contributed by atoms with Gasteiger partial charge in [-0.1, -0.05) is 13.8 Å². The van der Waals surface area contributed by atoms with Crippen molar-refractivity contribution in [1.82, 2.24) is 35.5 Å². The van der Waals surface area contributed by atoms with Gasteiger partial charge < -0.3 is 15.0 Å². The predicted molar refractivity (Wildman–Crippen MR) is 158 cm³/mol. The van der Waals surface area contributed by atoms with Crippen molar-refractivity contribution >= 4 is 5.91 Å². The Hall–Kier alpha value is -2.53. The van der Waals surface area contributed by atoms with Gasteiger partial charge in [-0.3, -0.25) is 20.0 Å². The summed E-state index contributed by atoms with van der Waals surface area (Å²) in [6, 6.07) is 3.89. The molecule has 1 aromatic heterocycles. The lowest BCUT2D eigenvalue weighted by Crippen LogP contribution is -2.64. The minimum Gasteiger partial charge on any atom is -0.505 e. The minimum atomic E-state index is -0.532. The Labute approximate surface area is 248 Å². The summed E-state index contributed by atoms with van der Waals surface area (Å²) in [6.45, 7) is 9.97. The van der Waals surface area contributed by atoms with Gasteiger partial charge in [0.15, 0.2) is 11.6 Å². The fourth-order valence-electron chi connectivity index (χ4n) is 8.41. The highest BCUT2D eigenvalue weighted by atomic mass is 19.1. The van der Waals surface area contributed by atoms with Crippen LogP contribution in [0.25, 0.3) is 0 Å². The summed E-state index contributed by atoms with van der Waals surface area (Å²) in [4.78, 5) is 29.5. The number of benzene rings is 1. The van der Waals surface area contributed by atoms with E-state index in [9.17, 15) is 14.3 Å². The summed E-state index contributed by atoms with van der Waals surface area (Å²) in [5.41, 5.74) is 11.3. The van der Waals surface area contributed by atoms with Crippen LogP contribution >= 0.6 is 0 Å². The number of phenols is 1. The van der Waals surface area contributed by atoms with Crippen molar-refractivity contribution in [1.29, 1.82) is 0 Å². The van der Waals surface area contributed by atoms with Crippen molar-refractivity contribution in [3.05, 3.63) is 46.3 Å². The Bertz CT molecular complexity index is 1300. The van der Waals surface area contributed by atoms with E-state index in [2.05, 4.69) is 44.4 Å². The van der Waals surface area contributed by atoms with Gasteiger partial charge in [-0.15, -0.1) is 0 Å². The Morgan fingerprint density at radius 2 is 1.95 bits per heavy atom. The smallest absolute Gasteiger partial charge is 0.240 e. The van der Waals surface area contributed by atoms with E-state index in [-0.39, 0.29) is 35.7 Å². The van der Waals surface area contributed by atoms with Crippen LogP contribution in [0.5, 0.6) is 5.75 Å². The molecule has 5 unspecified atom stereocenters. The summed E-state index contributed by atoms with van der Waals surface area (Å²) in [7, 11) is 0. The average Bonchev–Trinajstić information content (AvgIpc) is 3.72. The molecule has 1 aromatic carbocycles. The Morgan fingerprint density at radius 1 is 1.14 bits per heavy atom. The first-order chi connectivity index (χ1) is 20.4. The molecule has 0 radical (unpaired) electrons. The van der Waals surface area contributed by atoms with Crippen LogP contribution in [0.1, 0.15) is 92.7 Å². The molecule has 3 saturated heterocycles. The maximum absolute atomic E-state index is 14.3. The number of rotatable bonds is 7. The van der Waals surface area contributed by atoms with Crippen LogP contribution in [0.4, 0.5) is 4.39 Å². The first-order valence-electron chi connectivity index (χ1n) is 16.3. The molecule has 1 saturated carbocycles.